The van der Waals surface area contributed by atoms with E-state index in [9.17, 15) is 14.4 Å². The number of carbonyl (C=O) groups is 3. The number of nitrogens with one attached hydrogen (secondary N) is 1. The number of likely N-dealkylation sites (tertiary alicyclic amines) is 1. The van der Waals surface area contributed by atoms with Crippen LogP contribution in [0.2, 0.25) is 5.02 Å². The summed E-state index contributed by atoms with van der Waals surface area (Å²) in [6.07, 6.45) is 7.19. The van der Waals surface area contributed by atoms with Crippen molar-refractivity contribution in [2.75, 3.05) is 11.9 Å². The first-order valence-electron chi connectivity index (χ1n) is 12.3. The van der Waals surface area contributed by atoms with Crippen LogP contribution in [0.4, 0.5) is 5.69 Å². The molecule has 0 spiro atoms. The van der Waals surface area contributed by atoms with Gasteiger partial charge in [0.25, 0.3) is 5.91 Å². The van der Waals surface area contributed by atoms with Crippen LogP contribution in [0.1, 0.15) is 63.9 Å². The lowest BCUT2D eigenvalue weighted by Gasteiger charge is -2.56. The summed E-state index contributed by atoms with van der Waals surface area (Å²) in [4.78, 5) is 41.3. The van der Waals surface area contributed by atoms with E-state index >= 15 is 0 Å². The molecule has 1 aromatic rings. The number of aryl methyl sites for hydroxylation is 1. The van der Waals surface area contributed by atoms with E-state index < -0.39 is 24.0 Å². The van der Waals surface area contributed by atoms with Crippen LogP contribution in [0.15, 0.2) is 18.2 Å². The first-order valence-corrected chi connectivity index (χ1v) is 12.7. The first kappa shape index (κ1) is 22.7. The molecule has 1 N–H and O–H groups in total. The van der Waals surface area contributed by atoms with E-state index in [4.69, 9.17) is 16.3 Å². The zero-order chi connectivity index (χ0) is 23.3. The third-order valence-corrected chi connectivity index (χ3v) is 8.63. The maximum atomic E-state index is 13.8. The monoisotopic (exact) mass is 472 g/mol. The number of ether oxygens (including phenoxy) is 1. The van der Waals surface area contributed by atoms with E-state index in [1.807, 2.05) is 13.0 Å². The van der Waals surface area contributed by atoms with Crippen molar-refractivity contribution in [3.05, 3.63) is 28.8 Å². The van der Waals surface area contributed by atoms with Crippen LogP contribution in [0.5, 0.6) is 0 Å². The predicted octanol–water partition coefficient (Wildman–Crippen LogP) is 4.73. The lowest BCUT2D eigenvalue weighted by molar-refractivity contribution is -0.168. The fourth-order valence-corrected chi connectivity index (χ4v) is 7.37. The van der Waals surface area contributed by atoms with Crippen molar-refractivity contribution in [1.29, 1.82) is 0 Å². The maximum absolute atomic E-state index is 13.8. The van der Waals surface area contributed by atoms with E-state index in [1.54, 1.807) is 24.0 Å². The summed E-state index contributed by atoms with van der Waals surface area (Å²) in [5.41, 5.74) is 1.19. The van der Waals surface area contributed by atoms with E-state index in [-0.39, 0.29) is 11.3 Å². The lowest BCUT2D eigenvalue weighted by atomic mass is 9.49. The molecule has 4 aliphatic carbocycles. The van der Waals surface area contributed by atoms with Crippen molar-refractivity contribution in [2.24, 2.45) is 23.2 Å². The number of amides is 2. The molecule has 4 bridgehead atoms. The van der Waals surface area contributed by atoms with Crippen LogP contribution in [-0.2, 0) is 19.1 Å². The second kappa shape index (κ2) is 8.61. The van der Waals surface area contributed by atoms with Gasteiger partial charge in [-0.05, 0) is 101 Å². The molecule has 0 radical (unpaired) electrons. The minimum Gasteiger partial charge on any atom is -0.451 e. The Bertz CT molecular complexity index is 942. The van der Waals surface area contributed by atoms with Crippen LogP contribution < -0.4 is 5.32 Å². The molecular formula is C26H33ClN2O4. The molecule has 0 aromatic heterocycles. The highest BCUT2D eigenvalue weighted by Gasteiger charge is 2.57. The van der Waals surface area contributed by atoms with Crippen molar-refractivity contribution < 1.29 is 19.1 Å². The molecule has 5 fully saturated rings. The van der Waals surface area contributed by atoms with Crippen LogP contribution in [-0.4, -0.2) is 41.4 Å². The predicted molar refractivity (Wildman–Crippen MR) is 126 cm³/mol. The van der Waals surface area contributed by atoms with Gasteiger partial charge in [-0.25, -0.2) is 4.79 Å². The van der Waals surface area contributed by atoms with E-state index in [1.165, 1.54) is 19.3 Å². The zero-order valence-corrected chi connectivity index (χ0v) is 20.2. The largest absolute Gasteiger partial charge is 0.451 e. The molecule has 1 saturated heterocycles. The Kier molecular flexibility index (Phi) is 5.92. The van der Waals surface area contributed by atoms with E-state index in [0.29, 0.717) is 41.4 Å². The molecule has 2 unspecified atom stereocenters. The number of hydrogen-bond donors (Lipinski definition) is 1. The first-order chi connectivity index (χ1) is 15.7. The summed E-state index contributed by atoms with van der Waals surface area (Å²) in [5.74, 6) is 1.29. The van der Waals surface area contributed by atoms with Gasteiger partial charge in [0.2, 0.25) is 5.91 Å². The second-order valence-electron chi connectivity index (χ2n) is 10.9. The standard InChI is InChI=1S/C26H33ClN2O4/c1-15-5-6-20(27)11-21(15)28-23(30)16(2)33-24(31)22-4-3-7-29(22)25(32)26-12-17-8-18(13-26)10-19(9-17)14-26/h5-6,11,16-19,22H,3-4,7-10,12-14H2,1-2H3,(H,28,30). The average Bonchev–Trinajstić information content (AvgIpc) is 3.24. The fourth-order valence-electron chi connectivity index (χ4n) is 7.20. The minimum atomic E-state index is -0.965. The summed E-state index contributed by atoms with van der Waals surface area (Å²) in [7, 11) is 0. The molecule has 6 rings (SSSR count). The number of halogens is 1. The van der Waals surface area contributed by atoms with Gasteiger partial charge in [-0.2, -0.15) is 0 Å². The Morgan fingerprint density at radius 3 is 2.39 bits per heavy atom. The third kappa shape index (κ3) is 4.27. The molecular weight excluding hydrogens is 440 g/mol. The molecule has 5 aliphatic rings. The highest BCUT2D eigenvalue weighted by molar-refractivity contribution is 6.31. The molecule has 4 saturated carbocycles. The molecule has 1 aromatic carbocycles. The Hall–Kier alpha value is -2.08. The van der Waals surface area contributed by atoms with Crippen LogP contribution in [0.3, 0.4) is 0 Å². The topological polar surface area (TPSA) is 75.7 Å². The number of rotatable bonds is 5. The Labute approximate surface area is 200 Å². The van der Waals surface area contributed by atoms with Gasteiger partial charge in [0.1, 0.15) is 6.04 Å². The maximum Gasteiger partial charge on any atom is 0.329 e. The lowest BCUT2D eigenvalue weighted by Crippen LogP contribution is -2.56. The molecule has 33 heavy (non-hydrogen) atoms. The minimum absolute atomic E-state index is 0.160. The van der Waals surface area contributed by atoms with Crippen molar-refractivity contribution in [1.82, 2.24) is 4.90 Å². The molecule has 2 atom stereocenters. The molecule has 178 valence electrons. The quantitative estimate of drug-likeness (QED) is 0.629. The smallest absolute Gasteiger partial charge is 0.329 e. The number of esters is 1. The van der Waals surface area contributed by atoms with Crippen LogP contribution >= 0.6 is 11.6 Å². The van der Waals surface area contributed by atoms with Gasteiger partial charge in [0.15, 0.2) is 6.10 Å². The Balaban J connectivity index is 1.23. The van der Waals surface area contributed by atoms with E-state index in [0.717, 1.165) is 31.2 Å². The number of anilines is 1. The summed E-state index contributed by atoms with van der Waals surface area (Å²) >= 11 is 6.03. The number of carbonyl (C=O) groups excluding carboxylic acids is 3. The fraction of sp³-hybridized carbons (Fsp3) is 0.654. The van der Waals surface area contributed by atoms with Gasteiger partial charge < -0.3 is 15.0 Å². The third-order valence-electron chi connectivity index (χ3n) is 8.40. The second-order valence-corrected chi connectivity index (χ2v) is 11.3. The molecule has 7 heteroatoms. The van der Waals surface area contributed by atoms with Crippen molar-refractivity contribution in [3.63, 3.8) is 0 Å². The van der Waals surface area contributed by atoms with Gasteiger partial charge in [0, 0.05) is 17.3 Å². The number of hydrogen-bond acceptors (Lipinski definition) is 4. The number of benzene rings is 1. The average molecular weight is 473 g/mol. The van der Waals surface area contributed by atoms with Gasteiger partial charge in [-0.15, -0.1) is 0 Å². The highest BCUT2D eigenvalue weighted by atomic mass is 35.5. The summed E-state index contributed by atoms with van der Waals surface area (Å²) in [5, 5.41) is 3.31. The van der Waals surface area contributed by atoms with Crippen LogP contribution in [0.25, 0.3) is 0 Å². The summed E-state index contributed by atoms with van der Waals surface area (Å²) < 4.78 is 5.56. The summed E-state index contributed by atoms with van der Waals surface area (Å²) in [6.45, 7) is 4.03. The van der Waals surface area contributed by atoms with Gasteiger partial charge in [-0.3, -0.25) is 9.59 Å². The van der Waals surface area contributed by atoms with Crippen molar-refractivity contribution >= 4 is 35.1 Å². The van der Waals surface area contributed by atoms with Crippen molar-refractivity contribution in [3.8, 4) is 0 Å². The zero-order valence-electron chi connectivity index (χ0n) is 19.4. The Morgan fingerprint density at radius 2 is 1.76 bits per heavy atom. The van der Waals surface area contributed by atoms with Crippen LogP contribution in [0, 0.1) is 30.1 Å². The molecule has 1 aliphatic heterocycles. The molecule has 1 heterocycles. The molecule has 2 amide bonds. The highest BCUT2D eigenvalue weighted by Crippen LogP contribution is 2.60. The van der Waals surface area contributed by atoms with Gasteiger partial charge >= 0.3 is 5.97 Å². The molecule has 6 nitrogen and oxygen atoms in total. The summed E-state index contributed by atoms with van der Waals surface area (Å²) in [6, 6.07) is 4.66. The van der Waals surface area contributed by atoms with Crippen molar-refractivity contribution in [2.45, 2.75) is 77.4 Å². The SMILES string of the molecule is Cc1ccc(Cl)cc1NC(=O)C(C)OC(=O)C1CCCN1C(=O)C12CC3CC(CC(C3)C1)C2. The van der Waals surface area contributed by atoms with E-state index in [2.05, 4.69) is 5.32 Å². The normalized spacial score (nSPS) is 33.1. The Morgan fingerprint density at radius 1 is 1.12 bits per heavy atom. The number of nitrogens with zero attached hydrogens (tertiary/aromatic N) is 1. The van der Waals surface area contributed by atoms with Gasteiger partial charge in [0.05, 0.1) is 5.41 Å². The van der Waals surface area contributed by atoms with Gasteiger partial charge in [-0.1, -0.05) is 17.7 Å².